The van der Waals surface area contributed by atoms with Crippen LogP contribution in [0.15, 0.2) is 41.1 Å². The van der Waals surface area contributed by atoms with Crippen LogP contribution < -0.4 is 10.1 Å². The largest absolute Gasteiger partial charge is 0.493 e. The monoisotopic (exact) mass is 372 g/mol. The highest BCUT2D eigenvalue weighted by atomic mass is 32.1. The fourth-order valence-corrected chi connectivity index (χ4v) is 3.97. The number of hydrogen-bond donors (Lipinski definition) is 1. The Balaban J connectivity index is 1.44. The van der Waals surface area contributed by atoms with E-state index in [1.165, 1.54) is 11.3 Å². The van der Waals surface area contributed by atoms with E-state index in [0.29, 0.717) is 24.6 Å². The van der Waals surface area contributed by atoms with Gasteiger partial charge in [-0.05, 0) is 42.8 Å². The number of carbonyl (C=O) groups excluding carboxylic acids is 1. The smallest absolute Gasteiger partial charge is 0.226 e. The van der Waals surface area contributed by atoms with Crippen molar-refractivity contribution in [3.8, 4) is 16.3 Å². The summed E-state index contributed by atoms with van der Waals surface area (Å²) in [6.07, 6.45) is 1.08. The Morgan fingerprint density at radius 2 is 1.96 bits per heavy atom. The first-order chi connectivity index (χ1) is 12.1. The van der Waals surface area contributed by atoms with Crippen molar-refractivity contribution >= 4 is 33.7 Å². The van der Waals surface area contributed by atoms with Gasteiger partial charge in [0.2, 0.25) is 5.91 Å². The van der Waals surface area contributed by atoms with Crippen LogP contribution in [0.4, 0.5) is 5.13 Å². The summed E-state index contributed by atoms with van der Waals surface area (Å²) in [7, 11) is 0. The SMILES string of the molecule is Cc1cccc(C)c1OCCCC(=O)Nc1nc(-c2cccs2)cs1. The van der Waals surface area contributed by atoms with E-state index < -0.39 is 0 Å². The van der Waals surface area contributed by atoms with Crippen molar-refractivity contribution < 1.29 is 9.53 Å². The second kappa shape index (κ2) is 8.27. The van der Waals surface area contributed by atoms with Crippen molar-refractivity contribution in [3.63, 3.8) is 0 Å². The molecule has 1 aromatic carbocycles. The summed E-state index contributed by atoms with van der Waals surface area (Å²) in [5.74, 6) is 0.889. The van der Waals surface area contributed by atoms with E-state index >= 15 is 0 Å². The van der Waals surface area contributed by atoms with Crippen LogP contribution in [0.3, 0.4) is 0 Å². The topological polar surface area (TPSA) is 51.2 Å². The number of amides is 1. The number of rotatable bonds is 7. The fourth-order valence-electron chi connectivity index (χ4n) is 2.48. The van der Waals surface area contributed by atoms with E-state index in [-0.39, 0.29) is 5.91 Å². The van der Waals surface area contributed by atoms with Crippen LogP contribution >= 0.6 is 22.7 Å². The van der Waals surface area contributed by atoms with Gasteiger partial charge in [0.1, 0.15) is 5.75 Å². The maximum atomic E-state index is 12.1. The molecule has 0 aliphatic carbocycles. The number of nitrogens with zero attached hydrogens (tertiary/aromatic N) is 1. The molecule has 0 atom stereocenters. The number of carbonyl (C=O) groups is 1. The molecule has 2 heterocycles. The summed E-state index contributed by atoms with van der Waals surface area (Å²) in [5.41, 5.74) is 3.15. The lowest BCUT2D eigenvalue weighted by atomic mass is 10.1. The molecule has 0 bridgehead atoms. The van der Waals surface area contributed by atoms with Crippen LogP contribution in [-0.2, 0) is 4.79 Å². The van der Waals surface area contributed by atoms with Crippen LogP contribution in [0.25, 0.3) is 10.6 Å². The van der Waals surface area contributed by atoms with Crippen LogP contribution in [0.1, 0.15) is 24.0 Å². The second-order valence-electron chi connectivity index (χ2n) is 5.74. The van der Waals surface area contributed by atoms with Crippen molar-refractivity contribution in [1.29, 1.82) is 0 Å². The van der Waals surface area contributed by atoms with Gasteiger partial charge in [-0.3, -0.25) is 4.79 Å². The number of ether oxygens (including phenoxy) is 1. The average Bonchev–Trinajstić information content (AvgIpc) is 3.25. The maximum absolute atomic E-state index is 12.1. The zero-order chi connectivity index (χ0) is 17.6. The minimum absolute atomic E-state index is 0.0304. The highest BCUT2D eigenvalue weighted by Gasteiger charge is 2.09. The minimum atomic E-state index is -0.0304. The molecule has 0 unspecified atom stereocenters. The lowest BCUT2D eigenvalue weighted by Gasteiger charge is -2.11. The van der Waals surface area contributed by atoms with Crippen molar-refractivity contribution in [2.24, 2.45) is 0 Å². The van der Waals surface area contributed by atoms with Crippen molar-refractivity contribution in [2.45, 2.75) is 26.7 Å². The van der Waals surface area contributed by atoms with E-state index in [9.17, 15) is 4.79 Å². The van der Waals surface area contributed by atoms with E-state index in [1.807, 2.05) is 54.9 Å². The van der Waals surface area contributed by atoms with E-state index in [0.717, 1.165) is 27.4 Å². The normalized spacial score (nSPS) is 10.6. The third kappa shape index (κ3) is 4.67. The highest BCUT2D eigenvalue weighted by Crippen LogP contribution is 2.28. The quantitative estimate of drug-likeness (QED) is 0.574. The van der Waals surface area contributed by atoms with Gasteiger partial charge < -0.3 is 10.1 Å². The Morgan fingerprint density at radius 3 is 2.68 bits per heavy atom. The molecule has 0 radical (unpaired) electrons. The predicted molar refractivity (Wildman–Crippen MR) is 105 cm³/mol. The molecule has 6 heteroatoms. The molecule has 0 aliphatic heterocycles. The molecule has 1 amide bonds. The number of anilines is 1. The lowest BCUT2D eigenvalue weighted by molar-refractivity contribution is -0.116. The van der Waals surface area contributed by atoms with Gasteiger partial charge in [0.15, 0.2) is 5.13 Å². The zero-order valence-corrected chi connectivity index (χ0v) is 15.9. The summed E-state index contributed by atoms with van der Waals surface area (Å²) < 4.78 is 5.83. The summed E-state index contributed by atoms with van der Waals surface area (Å²) >= 11 is 3.09. The molecule has 3 aromatic rings. The second-order valence-corrected chi connectivity index (χ2v) is 7.54. The van der Waals surface area contributed by atoms with Gasteiger partial charge in [-0.15, -0.1) is 22.7 Å². The number of benzene rings is 1. The van der Waals surface area contributed by atoms with Gasteiger partial charge in [-0.2, -0.15) is 0 Å². The molecule has 130 valence electrons. The number of aromatic nitrogens is 1. The van der Waals surface area contributed by atoms with Gasteiger partial charge >= 0.3 is 0 Å². The van der Waals surface area contributed by atoms with E-state index in [1.54, 1.807) is 11.3 Å². The number of hydrogen-bond acceptors (Lipinski definition) is 5. The third-order valence-corrected chi connectivity index (χ3v) is 5.38. The molecular formula is C19H20N2O2S2. The highest BCUT2D eigenvalue weighted by molar-refractivity contribution is 7.16. The van der Waals surface area contributed by atoms with Gasteiger partial charge in [-0.1, -0.05) is 24.3 Å². The van der Waals surface area contributed by atoms with Gasteiger partial charge in [-0.25, -0.2) is 4.98 Å². The third-order valence-electron chi connectivity index (χ3n) is 3.73. The van der Waals surface area contributed by atoms with Crippen molar-refractivity contribution in [1.82, 2.24) is 4.98 Å². The molecule has 0 fully saturated rings. The van der Waals surface area contributed by atoms with Crippen molar-refractivity contribution in [3.05, 3.63) is 52.2 Å². The Hall–Kier alpha value is -2.18. The Kier molecular flexibility index (Phi) is 5.83. The standard InChI is InChI=1S/C19H20N2O2S2/c1-13-6-3-7-14(2)18(13)23-10-4-9-17(22)21-19-20-15(12-25-19)16-8-5-11-24-16/h3,5-8,11-12H,4,9-10H2,1-2H3,(H,20,21,22). The van der Waals surface area contributed by atoms with E-state index in [4.69, 9.17) is 4.74 Å². The van der Waals surface area contributed by atoms with Crippen LogP contribution in [0.5, 0.6) is 5.75 Å². The van der Waals surface area contributed by atoms with Gasteiger partial charge in [0.25, 0.3) is 0 Å². The van der Waals surface area contributed by atoms with Crippen LogP contribution in [0, 0.1) is 13.8 Å². The molecule has 0 saturated carbocycles. The molecule has 0 aliphatic rings. The minimum Gasteiger partial charge on any atom is -0.493 e. The molecular weight excluding hydrogens is 352 g/mol. The number of nitrogens with one attached hydrogen (secondary N) is 1. The fraction of sp³-hybridized carbons (Fsp3) is 0.263. The molecule has 25 heavy (non-hydrogen) atoms. The number of para-hydroxylation sites is 1. The first kappa shape index (κ1) is 17.6. The van der Waals surface area contributed by atoms with Gasteiger partial charge in [0.05, 0.1) is 17.2 Å². The van der Waals surface area contributed by atoms with Crippen molar-refractivity contribution in [2.75, 3.05) is 11.9 Å². The van der Waals surface area contributed by atoms with Gasteiger partial charge in [0, 0.05) is 11.8 Å². The van der Waals surface area contributed by atoms with Crippen LogP contribution in [0.2, 0.25) is 0 Å². The number of aryl methyl sites for hydroxylation is 2. The first-order valence-corrected chi connectivity index (χ1v) is 9.87. The molecule has 0 saturated heterocycles. The van der Waals surface area contributed by atoms with Crippen LogP contribution in [-0.4, -0.2) is 17.5 Å². The predicted octanol–water partition coefficient (Wildman–Crippen LogP) is 5.29. The summed E-state index contributed by atoms with van der Waals surface area (Å²) in [4.78, 5) is 17.6. The average molecular weight is 373 g/mol. The Morgan fingerprint density at radius 1 is 1.16 bits per heavy atom. The summed E-state index contributed by atoms with van der Waals surface area (Å²) in [5, 5.41) is 7.49. The molecule has 2 aromatic heterocycles. The maximum Gasteiger partial charge on any atom is 0.226 e. The summed E-state index contributed by atoms with van der Waals surface area (Å²) in [6.45, 7) is 4.59. The molecule has 0 spiro atoms. The lowest BCUT2D eigenvalue weighted by Crippen LogP contribution is -2.12. The molecule has 1 N–H and O–H groups in total. The first-order valence-electron chi connectivity index (χ1n) is 8.12. The number of thiophene rings is 1. The summed E-state index contributed by atoms with van der Waals surface area (Å²) in [6, 6.07) is 10.1. The Bertz CT molecular complexity index is 821. The Labute approximate surface area is 155 Å². The van der Waals surface area contributed by atoms with E-state index in [2.05, 4.69) is 10.3 Å². The zero-order valence-electron chi connectivity index (χ0n) is 14.2. The molecule has 3 rings (SSSR count). The molecule has 4 nitrogen and oxygen atoms in total. The number of thiazole rings is 1.